The van der Waals surface area contributed by atoms with Gasteiger partial charge in [-0.25, -0.2) is 0 Å². The van der Waals surface area contributed by atoms with Crippen molar-refractivity contribution in [3.05, 3.63) is 46.3 Å². The molecule has 2 aromatic rings. The number of aryl methyl sites for hydroxylation is 2. The second kappa shape index (κ2) is 5.48. The van der Waals surface area contributed by atoms with Crippen LogP contribution in [0.5, 0.6) is 5.75 Å². The van der Waals surface area contributed by atoms with Crippen LogP contribution in [0, 0.1) is 13.8 Å². The number of phenolic OH excluding ortho intramolecular Hbond substituents is 1. The van der Waals surface area contributed by atoms with Crippen LogP contribution in [0.2, 0.25) is 0 Å². The Morgan fingerprint density at radius 1 is 1.45 bits per heavy atom. The highest BCUT2D eigenvalue weighted by atomic mass is 16.5. The molecule has 0 aliphatic heterocycles. The smallest absolute Gasteiger partial charge is 0.227 e. The predicted molar refractivity (Wildman–Crippen MR) is 81.7 cm³/mol. The summed E-state index contributed by atoms with van der Waals surface area (Å²) in [4.78, 5) is 12.6. The molecular formula is C17H20N2O3. The third kappa shape index (κ3) is 2.36. The highest BCUT2D eigenvalue weighted by molar-refractivity contribution is 5.84. The lowest BCUT2D eigenvalue weighted by Crippen LogP contribution is -2.31. The van der Waals surface area contributed by atoms with Crippen LogP contribution in [0.4, 0.5) is 0 Å². The molecule has 22 heavy (non-hydrogen) atoms. The number of benzene rings is 1. The molecule has 0 spiro atoms. The standard InChI is InChI=1S/C17H20N2O3/c1-9(16-10(2)19-22-11(16)3)17(21)18-14-8-7-13-12(14)5-4-6-15(13)20/h4-6,9,14,20H,7-8H2,1-3H3,(H,18,21)/t9-,14+/m1/s1. The SMILES string of the molecule is Cc1noc(C)c1[C@@H](C)C(=O)N[C@H]1CCc2c(O)cccc21. The summed E-state index contributed by atoms with van der Waals surface area (Å²) in [7, 11) is 0. The number of nitrogens with one attached hydrogen (secondary N) is 1. The Morgan fingerprint density at radius 2 is 2.23 bits per heavy atom. The van der Waals surface area contributed by atoms with Crippen LogP contribution in [0.15, 0.2) is 22.7 Å². The molecule has 0 saturated carbocycles. The van der Waals surface area contributed by atoms with E-state index in [1.165, 1.54) is 0 Å². The third-order valence-electron chi connectivity index (χ3n) is 4.48. The molecule has 3 rings (SSSR count). The minimum Gasteiger partial charge on any atom is -0.508 e. The lowest BCUT2D eigenvalue weighted by Gasteiger charge is -2.18. The predicted octanol–water partition coefficient (Wildman–Crippen LogP) is 2.90. The first-order chi connectivity index (χ1) is 10.5. The van der Waals surface area contributed by atoms with Crippen LogP contribution in [0.3, 0.4) is 0 Å². The van der Waals surface area contributed by atoms with Crippen molar-refractivity contribution in [1.29, 1.82) is 0 Å². The van der Waals surface area contributed by atoms with E-state index in [-0.39, 0.29) is 17.9 Å². The van der Waals surface area contributed by atoms with Crippen LogP contribution >= 0.6 is 0 Å². The van der Waals surface area contributed by atoms with Gasteiger partial charge in [0.15, 0.2) is 0 Å². The molecule has 5 heteroatoms. The summed E-state index contributed by atoms with van der Waals surface area (Å²) in [5.74, 6) is 0.640. The number of carbonyl (C=O) groups excluding carboxylic acids is 1. The van der Waals surface area contributed by atoms with Gasteiger partial charge in [0, 0.05) is 5.56 Å². The average molecular weight is 300 g/mol. The third-order valence-corrected chi connectivity index (χ3v) is 4.48. The Kier molecular flexibility index (Phi) is 3.64. The van der Waals surface area contributed by atoms with Gasteiger partial charge in [-0.15, -0.1) is 0 Å². The summed E-state index contributed by atoms with van der Waals surface area (Å²) in [5, 5.41) is 16.9. The molecule has 1 aromatic heterocycles. The number of fused-ring (bicyclic) bond motifs is 1. The summed E-state index contributed by atoms with van der Waals surface area (Å²) in [6.07, 6.45) is 1.60. The van der Waals surface area contributed by atoms with E-state index < -0.39 is 0 Å². The second-order valence-corrected chi connectivity index (χ2v) is 5.90. The molecule has 116 valence electrons. The maximum Gasteiger partial charge on any atom is 0.227 e. The second-order valence-electron chi connectivity index (χ2n) is 5.90. The maximum atomic E-state index is 12.6. The fourth-order valence-corrected chi connectivity index (χ4v) is 3.32. The van der Waals surface area contributed by atoms with Gasteiger partial charge in [0.05, 0.1) is 17.7 Å². The van der Waals surface area contributed by atoms with E-state index in [1.54, 1.807) is 6.07 Å². The fraction of sp³-hybridized carbons (Fsp3) is 0.412. The molecule has 0 radical (unpaired) electrons. The largest absolute Gasteiger partial charge is 0.508 e. The molecule has 2 N–H and O–H groups in total. The molecule has 0 fully saturated rings. The van der Waals surface area contributed by atoms with Crippen molar-refractivity contribution < 1.29 is 14.4 Å². The lowest BCUT2D eigenvalue weighted by atomic mass is 9.98. The zero-order chi connectivity index (χ0) is 15.9. The number of rotatable bonds is 3. The molecular weight excluding hydrogens is 280 g/mol. The highest BCUT2D eigenvalue weighted by Crippen LogP contribution is 2.36. The average Bonchev–Trinajstić information content (AvgIpc) is 3.04. The zero-order valence-electron chi connectivity index (χ0n) is 13.0. The zero-order valence-corrected chi connectivity index (χ0v) is 13.0. The van der Waals surface area contributed by atoms with Gasteiger partial charge in [0.2, 0.25) is 5.91 Å². The molecule has 1 aromatic carbocycles. The molecule has 1 aliphatic rings. The van der Waals surface area contributed by atoms with Crippen LogP contribution < -0.4 is 5.32 Å². The van der Waals surface area contributed by atoms with Gasteiger partial charge in [0.1, 0.15) is 11.5 Å². The Hall–Kier alpha value is -2.30. The minimum absolute atomic E-state index is 0.0440. The van der Waals surface area contributed by atoms with E-state index in [4.69, 9.17) is 4.52 Å². The topological polar surface area (TPSA) is 75.4 Å². The van der Waals surface area contributed by atoms with Crippen molar-refractivity contribution in [2.24, 2.45) is 0 Å². The van der Waals surface area contributed by atoms with Crippen molar-refractivity contribution in [2.75, 3.05) is 0 Å². The molecule has 0 saturated heterocycles. The molecule has 5 nitrogen and oxygen atoms in total. The van der Waals surface area contributed by atoms with E-state index in [1.807, 2.05) is 32.9 Å². The normalized spacial score (nSPS) is 18.0. The quantitative estimate of drug-likeness (QED) is 0.914. The lowest BCUT2D eigenvalue weighted by molar-refractivity contribution is -0.123. The Labute approximate surface area is 129 Å². The Morgan fingerprint density at radius 3 is 2.91 bits per heavy atom. The van der Waals surface area contributed by atoms with Gasteiger partial charge in [-0.1, -0.05) is 17.3 Å². The van der Waals surface area contributed by atoms with Crippen LogP contribution in [-0.2, 0) is 11.2 Å². The number of nitrogens with zero attached hydrogens (tertiary/aromatic N) is 1. The summed E-state index contributed by atoms with van der Waals surface area (Å²) in [6.45, 7) is 5.53. The maximum absolute atomic E-state index is 12.6. The van der Waals surface area contributed by atoms with Crippen molar-refractivity contribution in [3.8, 4) is 5.75 Å². The summed E-state index contributed by atoms with van der Waals surface area (Å²) < 4.78 is 5.15. The summed E-state index contributed by atoms with van der Waals surface area (Å²) in [5.41, 5.74) is 3.56. The van der Waals surface area contributed by atoms with E-state index in [2.05, 4.69) is 10.5 Å². The Balaban J connectivity index is 1.78. The number of hydrogen-bond donors (Lipinski definition) is 2. The highest BCUT2D eigenvalue weighted by Gasteiger charge is 2.29. The summed E-state index contributed by atoms with van der Waals surface area (Å²) in [6, 6.07) is 5.43. The van der Waals surface area contributed by atoms with Crippen LogP contribution in [-0.4, -0.2) is 16.2 Å². The van der Waals surface area contributed by atoms with Gasteiger partial charge in [-0.3, -0.25) is 4.79 Å². The number of aromatic hydroxyl groups is 1. The first kappa shape index (κ1) is 14.6. The number of carbonyl (C=O) groups is 1. The van der Waals surface area contributed by atoms with Gasteiger partial charge >= 0.3 is 0 Å². The fourth-order valence-electron chi connectivity index (χ4n) is 3.32. The van der Waals surface area contributed by atoms with Crippen LogP contribution in [0.25, 0.3) is 0 Å². The molecule has 1 amide bonds. The number of hydrogen-bond acceptors (Lipinski definition) is 4. The molecule has 0 bridgehead atoms. The first-order valence-electron chi connectivity index (χ1n) is 7.53. The van der Waals surface area contributed by atoms with Crippen molar-refractivity contribution in [2.45, 2.75) is 45.6 Å². The van der Waals surface area contributed by atoms with Crippen LogP contribution in [0.1, 0.15) is 53.4 Å². The van der Waals surface area contributed by atoms with E-state index in [0.717, 1.165) is 35.2 Å². The van der Waals surface area contributed by atoms with Gasteiger partial charge in [0.25, 0.3) is 0 Å². The molecule has 2 atom stereocenters. The number of amides is 1. The van der Waals surface area contributed by atoms with Crippen molar-refractivity contribution in [1.82, 2.24) is 10.5 Å². The molecule has 1 heterocycles. The first-order valence-corrected chi connectivity index (χ1v) is 7.53. The van der Waals surface area contributed by atoms with Gasteiger partial charge < -0.3 is 14.9 Å². The minimum atomic E-state index is -0.312. The summed E-state index contributed by atoms with van der Waals surface area (Å²) >= 11 is 0. The number of aromatic nitrogens is 1. The van der Waals surface area contributed by atoms with E-state index in [9.17, 15) is 9.90 Å². The number of phenols is 1. The van der Waals surface area contributed by atoms with Gasteiger partial charge in [-0.2, -0.15) is 0 Å². The van der Waals surface area contributed by atoms with Gasteiger partial charge in [-0.05, 0) is 50.8 Å². The van der Waals surface area contributed by atoms with Crippen molar-refractivity contribution >= 4 is 5.91 Å². The van der Waals surface area contributed by atoms with Crippen molar-refractivity contribution in [3.63, 3.8) is 0 Å². The Bertz CT molecular complexity index is 701. The molecule has 1 aliphatic carbocycles. The van der Waals surface area contributed by atoms with E-state index in [0.29, 0.717) is 11.5 Å². The monoisotopic (exact) mass is 300 g/mol. The van der Waals surface area contributed by atoms with E-state index >= 15 is 0 Å². The molecule has 0 unspecified atom stereocenters.